The van der Waals surface area contributed by atoms with Gasteiger partial charge in [0, 0.05) is 18.2 Å². The van der Waals surface area contributed by atoms with Crippen LogP contribution >= 0.6 is 11.3 Å². The van der Waals surface area contributed by atoms with Gasteiger partial charge in [-0.15, -0.1) is 0 Å². The molecule has 3 aromatic rings. The number of benzene rings is 2. The number of ether oxygens (including phenoxy) is 1. The van der Waals surface area contributed by atoms with Crippen LogP contribution in [0.25, 0.3) is 10.2 Å². The summed E-state index contributed by atoms with van der Waals surface area (Å²) in [5.41, 5.74) is 3.79. The normalized spacial score (nSPS) is 11.1. The number of carbonyl (C=O) groups excluding carboxylic acids is 1. The van der Waals surface area contributed by atoms with Crippen molar-refractivity contribution in [1.82, 2.24) is 4.57 Å². The number of hydrogen-bond acceptors (Lipinski definition) is 4. The van der Waals surface area contributed by atoms with Crippen LogP contribution in [-0.2, 0) is 11.2 Å². The third kappa shape index (κ3) is 4.22. The van der Waals surface area contributed by atoms with Crippen molar-refractivity contribution in [2.45, 2.75) is 39.7 Å². The van der Waals surface area contributed by atoms with Crippen molar-refractivity contribution in [2.24, 2.45) is 0 Å². The number of fused-ring (bicyclic) bond motifs is 1. The quantitative estimate of drug-likeness (QED) is 0.679. The van der Waals surface area contributed by atoms with Crippen LogP contribution in [0, 0.1) is 6.92 Å². The molecule has 1 N–H and O–H groups in total. The first-order chi connectivity index (χ1) is 12.9. The van der Waals surface area contributed by atoms with Gasteiger partial charge in [-0.2, -0.15) is 0 Å². The van der Waals surface area contributed by atoms with E-state index < -0.39 is 0 Å². The molecule has 0 radical (unpaired) electrons. The first-order valence-electron chi connectivity index (χ1n) is 8.97. The molecule has 0 aliphatic rings. The molecule has 2 aromatic carbocycles. The number of nitrogens with one attached hydrogen (secondary N) is 1. The van der Waals surface area contributed by atoms with Crippen LogP contribution in [0.5, 0.6) is 5.75 Å². The molecule has 3 rings (SSSR count). The zero-order valence-corrected chi connectivity index (χ0v) is 16.9. The van der Waals surface area contributed by atoms with Gasteiger partial charge in [0.15, 0.2) is 0 Å². The molecule has 0 atom stereocenters. The predicted octanol–water partition coefficient (Wildman–Crippen LogP) is 4.53. The predicted molar refractivity (Wildman–Crippen MR) is 111 cm³/mol. The Morgan fingerprint density at radius 2 is 2.00 bits per heavy atom. The number of carbonyl (C=O) groups is 1. The molecule has 0 saturated carbocycles. The topological polar surface area (TPSA) is 60.3 Å². The van der Waals surface area contributed by atoms with E-state index >= 15 is 0 Å². The summed E-state index contributed by atoms with van der Waals surface area (Å²) in [6.45, 7) is 5.97. The van der Waals surface area contributed by atoms with Crippen molar-refractivity contribution in [3.8, 4) is 5.75 Å². The molecule has 0 unspecified atom stereocenters. The van der Waals surface area contributed by atoms with Gasteiger partial charge in [-0.3, -0.25) is 14.2 Å². The van der Waals surface area contributed by atoms with Crippen molar-refractivity contribution in [2.75, 3.05) is 12.4 Å². The van der Waals surface area contributed by atoms with Crippen LogP contribution in [0.3, 0.4) is 0 Å². The molecule has 1 heterocycles. The van der Waals surface area contributed by atoms with Gasteiger partial charge in [0.2, 0.25) is 5.91 Å². The lowest BCUT2D eigenvalue weighted by molar-refractivity contribution is -0.116. The van der Waals surface area contributed by atoms with Crippen LogP contribution in [-0.4, -0.2) is 17.6 Å². The second kappa shape index (κ2) is 7.96. The summed E-state index contributed by atoms with van der Waals surface area (Å²) >= 11 is 1.21. The number of aromatic nitrogens is 1. The highest BCUT2D eigenvalue weighted by molar-refractivity contribution is 7.16. The Morgan fingerprint density at radius 3 is 2.67 bits per heavy atom. The number of anilines is 1. The summed E-state index contributed by atoms with van der Waals surface area (Å²) < 4.78 is 7.92. The monoisotopic (exact) mass is 384 g/mol. The van der Waals surface area contributed by atoms with E-state index in [2.05, 4.69) is 5.32 Å². The second-order valence-corrected chi connectivity index (χ2v) is 7.86. The van der Waals surface area contributed by atoms with Crippen LogP contribution in [0.1, 0.15) is 37.4 Å². The summed E-state index contributed by atoms with van der Waals surface area (Å²) in [4.78, 5) is 24.5. The van der Waals surface area contributed by atoms with Gasteiger partial charge in [-0.05, 0) is 62.6 Å². The van der Waals surface area contributed by atoms with Gasteiger partial charge in [0.1, 0.15) is 5.75 Å². The maximum Gasteiger partial charge on any atom is 0.308 e. The Balaban J connectivity index is 1.67. The summed E-state index contributed by atoms with van der Waals surface area (Å²) in [7, 11) is 1.65. The fourth-order valence-corrected chi connectivity index (χ4v) is 4.23. The van der Waals surface area contributed by atoms with E-state index in [4.69, 9.17) is 4.74 Å². The molecule has 0 fully saturated rings. The second-order valence-electron chi connectivity index (χ2n) is 6.87. The van der Waals surface area contributed by atoms with Gasteiger partial charge in [0.05, 0.1) is 17.3 Å². The molecule has 1 amide bonds. The van der Waals surface area contributed by atoms with Crippen molar-refractivity contribution in [1.29, 1.82) is 0 Å². The third-order valence-electron chi connectivity index (χ3n) is 4.51. The average molecular weight is 385 g/mol. The fraction of sp³-hybridized carbons (Fsp3) is 0.333. The first-order valence-corrected chi connectivity index (χ1v) is 9.79. The molecule has 5 nitrogen and oxygen atoms in total. The summed E-state index contributed by atoms with van der Waals surface area (Å²) in [6.07, 6.45) is 1.06. The minimum absolute atomic E-state index is 0.0263. The highest BCUT2D eigenvalue weighted by Gasteiger charge is 2.12. The molecule has 0 aliphatic carbocycles. The molecule has 142 valence electrons. The van der Waals surface area contributed by atoms with E-state index in [9.17, 15) is 9.59 Å². The minimum Gasteiger partial charge on any atom is -0.496 e. The molecule has 0 bridgehead atoms. The standard InChI is InChI=1S/C21H24N2O3S/c1-13(2)23-17-8-7-16(12-19(17)27-21(23)25)22-20(24)10-6-15-5-9-18(26-4)14(3)11-15/h5,7-9,11-13H,6,10H2,1-4H3,(H,22,24). The van der Waals surface area contributed by atoms with Crippen molar-refractivity contribution in [3.05, 3.63) is 57.2 Å². The maximum absolute atomic E-state index is 12.3. The van der Waals surface area contributed by atoms with Crippen molar-refractivity contribution >= 4 is 33.1 Å². The van der Waals surface area contributed by atoms with Gasteiger partial charge < -0.3 is 10.1 Å². The highest BCUT2D eigenvalue weighted by Crippen LogP contribution is 2.24. The molecule has 0 spiro atoms. The number of nitrogens with zero attached hydrogens (tertiary/aromatic N) is 1. The lowest BCUT2D eigenvalue weighted by atomic mass is 10.1. The van der Waals surface area contributed by atoms with Crippen LogP contribution < -0.4 is 14.9 Å². The summed E-state index contributed by atoms with van der Waals surface area (Å²) in [5.74, 6) is 0.808. The number of thiazole rings is 1. The largest absolute Gasteiger partial charge is 0.496 e. The van der Waals surface area contributed by atoms with Gasteiger partial charge >= 0.3 is 4.87 Å². The fourth-order valence-electron chi connectivity index (χ4n) is 3.18. The third-order valence-corrected chi connectivity index (χ3v) is 5.43. The van der Waals surface area contributed by atoms with Crippen molar-refractivity contribution in [3.63, 3.8) is 0 Å². The summed E-state index contributed by atoms with van der Waals surface area (Å²) in [6, 6.07) is 11.7. The smallest absolute Gasteiger partial charge is 0.308 e. The van der Waals surface area contributed by atoms with E-state index in [1.165, 1.54) is 11.3 Å². The minimum atomic E-state index is -0.0431. The van der Waals surface area contributed by atoms with Gasteiger partial charge in [-0.1, -0.05) is 23.5 Å². The van der Waals surface area contributed by atoms with Crippen molar-refractivity contribution < 1.29 is 9.53 Å². The Bertz CT molecular complexity index is 1030. The number of aryl methyl sites for hydroxylation is 2. The van der Waals surface area contributed by atoms with Crippen LogP contribution in [0.15, 0.2) is 41.2 Å². The number of methoxy groups -OCH3 is 1. The Hall–Kier alpha value is -2.60. The highest BCUT2D eigenvalue weighted by atomic mass is 32.1. The van der Waals surface area contributed by atoms with E-state index in [0.717, 1.165) is 32.8 Å². The number of hydrogen-bond donors (Lipinski definition) is 1. The number of amides is 1. The molecule has 6 heteroatoms. The van der Waals surface area contributed by atoms with Crippen LogP contribution in [0.2, 0.25) is 0 Å². The van der Waals surface area contributed by atoms with Crippen LogP contribution in [0.4, 0.5) is 5.69 Å². The Labute approximate surface area is 162 Å². The molecular formula is C21H24N2O3S. The first kappa shape index (κ1) is 19.2. The van der Waals surface area contributed by atoms with E-state index in [0.29, 0.717) is 12.8 Å². The SMILES string of the molecule is COc1ccc(CCC(=O)Nc2ccc3c(c2)sc(=O)n3C(C)C)cc1C. The lowest BCUT2D eigenvalue weighted by Gasteiger charge is -2.09. The maximum atomic E-state index is 12.3. The van der Waals surface area contributed by atoms with Gasteiger partial charge in [0.25, 0.3) is 0 Å². The lowest BCUT2D eigenvalue weighted by Crippen LogP contribution is -2.14. The summed E-state index contributed by atoms with van der Waals surface area (Å²) in [5, 5.41) is 2.93. The molecule has 0 aliphatic heterocycles. The molecule has 1 aromatic heterocycles. The Morgan fingerprint density at radius 1 is 1.22 bits per heavy atom. The Kier molecular flexibility index (Phi) is 5.65. The zero-order valence-electron chi connectivity index (χ0n) is 16.0. The molecule has 0 saturated heterocycles. The zero-order chi connectivity index (χ0) is 19.6. The van der Waals surface area contributed by atoms with Gasteiger partial charge in [-0.25, -0.2) is 0 Å². The van der Waals surface area contributed by atoms with E-state index in [-0.39, 0.29) is 16.8 Å². The van der Waals surface area contributed by atoms with E-state index in [1.807, 2.05) is 57.2 Å². The molecule has 27 heavy (non-hydrogen) atoms. The number of rotatable bonds is 6. The molecular weight excluding hydrogens is 360 g/mol. The average Bonchev–Trinajstić information content (AvgIpc) is 2.95. The van der Waals surface area contributed by atoms with E-state index in [1.54, 1.807) is 11.7 Å².